The smallest absolute Gasteiger partial charge is 0.343 e. The summed E-state index contributed by atoms with van der Waals surface area (Å²) in [6.45, 7) is 9.61. The molecular formula is C21H24ClNO4. The number of hydrogen-bond donors (Lipinski definition) is 0. The van der Waals surface area contributed by atoms with Gasteiger partial charge in [0.1, 0.15) is 12.4 Å². The van der Waals surface area contributed by atoms with Crippen LogP contribution in [0.15, 0.2) is 53.4 Å². The zero-order valence-corrected chi connectivity index (χ0v) is 16.6. The predicted octanol–water partition coefficient (Wildman–Crippen LogP) is 5.11. The van der Waals surface area contributed by atoms with Gasteiger partial charge >= 0.3 is 5.97 Å². The van der Waals surface area contributed by atoms with Crippen molar-refractivity contribution in [3.8, 4) is 0 Å². The summed E-state index contributed by atoms with van der Waals surface area (Å²) < 4.78 is 5.65. The molecule has 2 rings (SSSR count). The number of hydrogen-bond acceptors (Lipinski definition) is 5. The van der Waals surface area contributed by atoms with E-state index in [1.54, 1.807) is 30.3 Å². The number of benzene rings is 1. The van der Waals surface area contributed by atoms with Crippen LogP contribution in [-0.2, 0) is 14.4 Å². The SMILES string of the molecule is C=CCO/N=C(/CC)C1=C(OC(=O)c2ccc(Cl)cc2)CC(C)(C)CC1=O. The van der Waals surface area contributed by atoms with Crippen molar-refractivity contribution in [3.63, 3.8) is 0 Å². The number of ketones is 1. The minimum Gasteiger partial charge on any atom is -0.427 e. The molecule has 0 heterocycles. The van der Waals surface area contributed by atoms with Gasteiger partial charge in [0.05, 0.1) is 16.8 Å². The summed E-state index contributed by atoms with van der Waals surface area (Å²) in [5.41, 5.74) is 0.858. The lowest BCUT2D eigenvalue weighted by Gasteiger charge is -2.31. The van der Waals surface area contributed by atoms with E-state index in [9.17, 15) is 9.59 Å². The summed E-state index contributed by atoms with van der Waals surface area (Å²) in [6.07, 6.45) is 2.85. The molecule has 0 amide bonds. The van der Waals surface area contributed by atoms with Crippen LogP contribution in [0.5, 0.6) is 0 Å². The lowest BCUT2D eigenvalue weighted by Crippen LogP contribution is -2.31. The van der Waals surface area contributed by atoms with E-state index >= 15 is 0 Å². The molecule has 5 nitrogen and oxygen atoms in total. The zero-order chi connectivity index (χ0) is 20.0. The van der Waals surface area contributed by atoms with Crippen molar-refractivity contribution in [2.24, 2.45) is 10.6 Å². The van der Waals surface area contributed by atoms with Crippen LogP contribution >= 0.6 is 11.6 Å². The monoisotopic (exact) mass is 389 g/mol. The maximum Gasteiger partial charge on any atom is 0.343 e. The second-order valence-corrected chi connectivity index (χ2v) is 7.55. The Bertz CT molecular complexity index is 791. The van der Waals surface area contributed by atoms with Crippen LogP contribution in [0, 0.1) is 5.41 Å². The first-order valence-electron chi connectivity index (χ1n) is 8.81. The Labute approximate surface area is 164 Å². The molecule has 0 saturated carbocycles. The first-order valence-corrected chi connectivity index (χ1v) is 9.19. The van der Waals surface area contributed by atoms with Gasteiger partial charge in [-0.3, -0.25) is 4.79 Å². The number of rotatable bonds is 7. The van der Waals surface area contributed by atoms with E-state index < -0.39 is 5.97 Å². The fourth-order valence-corrected chi connectivity index (χ4v) is 3.01. The molecule has 0 aromatic heterocycles. The summed E-state index contributed by atoms with van der Waals surface area (Å²) in [6, 6.07) is 6.41. The van der Waals surface area contributed by atoms with Crippen LogP contribution < -0.4 is 0 Å². The molecule has 1 aliphatic carbocycles. The molecule has 0 aliphatic heterocycles. The molecule has 0 bridgehead atoms. The third-order valence-corrected chi connectivity index (χ3v) is 4.37. The molecule has 0 unspecified atom stereocenters. The van der Waals surface area contributed by atoms with Crippen LogP contribution in [0.4, 0.5) is 0 Å². The Kier molecular flexibility index (Phi) is 6.97. The van der Waals surface area contributed by atoms with E-state index in [1.165, 1.54) is 0 Å². The van der Waals surface area contributed by atoms with Gasteiger partial charge in [-0.1, -0.05) is 50.2 Å². The van der Waals surface area contributed by atoms with Crippen molar-refractivity contribution < 1.29 is 19.2 Å². The third kappa shape index (κ3) is 5.54. The Morgan fingerprint density at radius 1 is 1.30 bits per heavy atom. The van der Waals surface area contributed by atoms with Gasteiger partial charge in [0.2, 0.25) is 0 Å². The molecule has 27 heavy (non-hydrogen) atoms. The standard InChI is InChI=1S/C21H24ClNO4/c1-5-11-26-23-16(6-2)19-17(24)12-21(3,4)13-18(19)27-20(25)14-7-9-15(22)10-8-14/h5,7-10H,1,6,11-13H2,2-4H3/b23-16-. The van der Waals surface area contributed by atoms with Gasteiger partial charge in [0.25, 0.3) is 0 Å². The highest BCUT2D eigenvalue weighted by Gasteiger charge is 2.37. The van der Waals surface area contributed by atoms with Gasteiger partial charge in [0, 0.05) is 17.9 Å². The topological polar surface area (TPSA) is 65.0 Å². The minimum atomic E-state index is -0.535. The van der Waals surface area contributed by atoms with Crippen molar-refractivity contribution in [3.05, 3.63) is 58.8 Å². The second kappa shape index (κ2) is 9.00. The number of carbonyl (C=O) groups excluding carboxylic acids is 2. The first kappa shape index (κ1) is 20.9. The van der Waals surface area contributed by atoms with Gasteiger partial charge in [-0.05, 0) is 36.1 Å². The molecule has 1 aromatic rings. The second-order valence-electron chi connectivity index (χ2n) is 7.11. The Morgan fingerprint density at radius 3 is 2.56 bits per heavy atom. The predicted molar refractivity (Wildman–Crippen MR) is 106 cm³/mol. The fraction of sp³-hybridized carbons (Fsp3) is 0.381. The summed E-state index contributed by atoms with van der Waals surface area (Å²) in [5.74, 6) is -0.306. The van der Waals surface area contributed by atoms with Crippen LogP contribution in [0.1, 0.15) is 50.4 Å². The molecule has 144 valence electrons. The Morgan fingerprint density at radius 2 is 1.96 bits per heavy atom. The highest BCUT2D eigenvalue weighted by Crippen LogP contribution is 2.38. The van der Waals surface area contributed by atoms with E-state index in [1.807, 2.05) is 20.8 Å². The lowest BCUT2D eigenvalue weighted by molar-refractivity contribution is -0.118. The quantitative estimate of drug-likeness (QED) is 0.214. The van der Waals surface area contributed by atoms with E-state index in [0.29, 0.717) is 46.9 Å². The van der Waals surface area contributed by atoms with E-state index in [0.717, 1.165) is 0 Å². The molecule has 0 N–H and O–H groups in total. The summed E-state index contributed by atoms with van der Waals surface area (Å²) in [5, 5.41) is 4.58. The van der Waals surface area contributed by atoms with Crippen molar-refractivity contribution in [1.29, 1.82) is 0 Å². The van der Waals surface area contributed by atoms with Crippen LogP contribution in [0.2, 0.25) is 5.02 Å². The van der Waals surface area contributed by atoms with Crippen LogP contribution in [0.25, 0.3) is 0 Å². The summed E-state index contributed by atoms with van der Waals surface area (Å²) >= 11 is 5.87. The number of allylic oxidation sites excluding steroid dienone is 2. The third-order valence-electron chi connectivity index (χ3n) is 4.12. The molecular weight excluding hydrogens is 366 g/mol. The molecule has 1 aromatic carbocycles. The maximum atomic E-state index is 12.8. The van der Waals surface area contributed by atoms with Crippen molar-refractivity contribution in [2.75, 3.05) is 6.61 Å². The average Bonchev–Trinajstić information content (AvgIpc) is 2.59. The number of Topliss-reactive ketones (excluding diaryl/α,β-unsaturated/α-hetero) is 1. The highest BCUT2D eigenvalue weighted by molar-refractivity contribution is 6.30. The fourth-order valence-electron chi connectivity index (χ4n) is 2.88. The Balaban J connectivity index is 2.40. The first-order chi connectivity index (χ1) is 12.8. The van der Waals surface area contributed by atoms with Gasteiger partial charge in [-0.15, -0.1) is 0 Å². The lowest BCUT2D eigenvalue weighted by atomic mass is 9.75. The van der Waals surface area contributed by atoms with E-state index in [4.69, 9.17) is 21.2 Å². The van der Waals surface area contributed by atoms with Gasteiger partial charge in [-0.25, -0.2) is 4.79 Å². The molecule has 0 saturated heterocycles. The number of ether oxygens (including phenoxy) is 1. The van der Waals surface area contributed by atoms with Crippen molar-refractivity contribution in [2.45, 2.75) is 40.0 Å². The van der Waals surface area contributed by atoms with Crippen LogP contribution in [-0.4, -0.2) is 24.1 Å². The molecule has 0 spiro atoms. The van der Waals surface area contributed by atoms with E-state index in [2.05, 4.69) is 11.7 Å². The number of esters is 1. The molecule has 0 fully saturated rings. The molecule has 0 atom stereocenters. The number of halogens is 1. The van der Waals surface area contributed by atoms with Crippen molar-refractivity contribution >= 4 is 29.1 Å². The van der Waals surface area contributed by atoms with Crippen molar-refractivity contribution in [1.82, 2.24) is 0 Å². The molecule has 1 aliphatic rings. The van der Waals surface area contributed by atoms with Crippen LogP contribution in [0.3, 0.4) is 0 Å². The maximum absolute atomic E-state index is 12.8. The number of oxime groups is 1. The highest BCUT2D eigenvalue weighted by atomic mass is 35.5. The molecule has 6 heteroatoms. The van der Waals surface area contributed by atoms with E-state index in [-0.39, 0.29) is 17.8 Å². The van der Waals surface area contributed by atoms with Gasteiger partial charge < -0.3 is 9.57 Å². The largest absolute Gasteiger partial charge is 0.427 e. The normalized spacial score (nSPS) is 16.9. The Hall–Kier alpha value is -2.40. The number of nitrogens with zero attached hydrogens (tertiary/aromatic N) is 1. The summed E-state index contributed by atoms with van der Waals surface area (Å²) in [4.78, 5) is 30.5. The zero-order valence-electron chi connectivity index (χ0n) is 15.9. The molecule has 0 radical (unpaired) electrons. The summed E-state index contributed by atoms with van der Waals surface area (Å²) in [7, 11) is 0. The minimum absolute atomic E-state index is 0.104. The average molecular weight is 390 g/mol. The van der Waals surface area contributed by atoms with Gasteiger partial charge in [0.15, 0.2) is 5.78 Å². The number of carbonyl (C=O) groups is 2. The van der Waals surface area contributed by atoms with Gasteiger partial charge in [-0.2, -0.15) is 0 Å².